The van der Waals surface area contributed by atoms with Gasteiger partial charge in [-0.05, 0) is 165 Å². The maximum atomic E-state index is 2.27. The monoisotopic (exact) mass is 568 g/mol. The summed E-state index contributed by atoms with van der Waals surface area (Å²) in [4.78, 5) is 0. The molecule has 0 heteroatoms. The van der Waals surface area contributed by atoms with Crippen molar-refractivity contribution < 1.29 is 0 Å². The molecule has 0 spiro atoms. The largest absolute Gasteiger partial charge is 0.0616 e. The Kier molecular flexibility index (Phi) is 6.70. The molecule has 8 rings (SSSR count). The molecule has 0 aliphatic heterocycles. The lowest BCUT2D eigenvalue weighted by atomic mass is 9.85. The SMILES string of the molecule is Cc1c(C)c(C)c2c3ccccc3c3ccccc3c2c1C.Cc1c(C)c(C)c2c3ccccc3c3ccccc3c2c1C. The molecule has 0 unspecified atom stereocenters. The van der Waals surface area contributed by atoms with Crippen molar-refractivity contribution in [1.82, 2.24) is 0 Å². The lowest BCUT2D eigenvalue weighted by molar-refractivity contribution is 1.26. The molecular formula is C44H40. The van der Waals surface area contributed by atoms with Gasteiger partial charge in [-0.15, -0.1) is 0 Å². The number of rotatable bonds is 0. The molecule has 0 aliphatic rings. The van der Waals surface area contributed by atoms with Gasteiger partial charge in [0.15, 0.2) is 0 Å². The maximum absolute atomic E-state index is 2.27. The summed E-state index contributed by atoms with van der Waals surface area (Å²) < 4.78 is 0. The van der Waals surface area contributed by atoms with Crippen molar-refractivity contribution in [2.45, 2.75) is 55.4 Å². The summed E-state index contributed by atoms with van der Waals surface area (Å²) in [6, 6.07) is 35.3. The predicted molar refractivity (Wildman–Crippen MR) is 196 cm³/mol. The lowest BCUT2D eigenvalue weighted by Gasteiger charge is -2.18. The molecular weight excluding hydrogens is 528 g/mol. The van der Waals surface area contributed by atoms with Crippen molar-refractivity contribution in [3.8, 4) is 0 Å². The minimum atomic E-state index is 1.36. The van der Waals surface area contributed by atoms with Crippen LogP contribution in [-0.2, 0) is 0 Å². The van der Waals surface area contributed by atoms with Crippen LogP contribution in [0.3, 0.4) is 0 Å². The minimum absolute atomic E-state index is 1.36. The molecule has 44 heavy (non-hydrogen) atoms. The first-order valence-electron chi connectivity index (χ1n) is 15.8. The Morgan fingerprint density at radius 1 is 0.205 bits per heavy atom. The summed E-state index contributed by atoms with van der Waals surface area (Å²) in [7, 11) is 0. The van der Waals surface area contributed by atoms with Crippen LogP contribution < -0.4 is 0 Å². The van der Waals surface area contributed by atoms with Gasteiger partial charge >= 0.3 is 0 Å². The second-order valence-corrected chi connectivity index (χ2v) is 12.7. The minimum Gasteiger partial charge on any atom is -0.0616 e. The van der Waals surface area contributed by atoms with Gasteiger partial charge in [-0.2, -0.15) is 0 Å². The van der Waals surface area contributed by atoms with Gasteiger partial charge in [0.25, 0.3) is 0 Å². The molecule has 0 N–H and O–H groups in total. The standard InChI is InChI=1S/2C22H20/c2*1-13-14(2)16(4)22-20-12-8-6-10-18(20)17-9-5-7-11-19(17)21(22)15(13)3/h2*5-12H,1-4H3. The second kappa shape index (κ2) is 10.5. The van der Waals surface area contributed by atoms with Crippen molar-refractivity contribution in [1.29, 1.82) is 0 Å². The Hall–Kier alpha value is -4.68. The van der Waals surface area contributed by atoms with Crippen LogP contribution in [0.1, 0.15) is 44.5 Å². The predicted octanol–water partition coefficient (Wildman–Crippen LogP) is 12.8. The van der Waals surface area contributed by atoms with E-state index >= 15 is 0 Å². The van der Waals surface area contributed by atoms with Gasteiger partial charge in [0, 0.05) is 0 Å². The van der Waals surface area contributed by atoms with Crippen LogP contribution >= 0.6 is 0 Å². The fourth-order valence-electron chi connectivity index (χ4n) is 7.72. The van der Waals surface area contributed by atoms with Crippen LogP contribution in [0, 0.1) is 55.4 Å². The van der Waals surface area contributed by atoms with E-state index in [1.807, 2.05) is 0 Å². The summed E-state index contributed by atoms with van der Waals surface area (Å²) in [6.45, 7) is 18.1. The van der Waals surface area contributed by atoms with E-state index in [-0.39, 0.29) is 0 Å². The van der Waals surface area contributed by atoms with E-state index in [4.69, 9.17) is 0 Å². The third kappa shape index (κ3) is 3.97. The van der Waals surface area contributed by atoms with E-state index in [1.165, 1.54) is 109 Å². The smallest absolute Gasteiger partial charge is 0.00642 e. The first kappa shape index (κ1) is 28.1. The molecule has 0 nitrogen and oxygen atoms in total. The van der Waals surface area contributed by atoms with E-state index in [0.717, 1.165) is 0 Å². The molecule has 0 radical (unpaired) electrons. The average molecular weight is 569 g/mol. The molecule has 0 atom stereocenters. The van der Waals surface area contributed by atoms with Crippen LogP contribution in [0.2, 0.25) is 0 Å². The van der Waals surface area contributed by atoms with Crippen molar-refractivity contribution in [2.75, 3.05) is 0 Å². The van der Waals surface area contributed by atoms with Gasteiger partial charge in [0.1, 0.15) is 0 Å². The van der Waals surface area contributed by atoms with Crippen LogP contribution in [0.15, 0.2) is 97.1 Å². The van der Waals surface area contributed by atoms with Crippen LogP contribution in [-0.4, -0.2) is 0 Å². The van der Waals surface area contributed by atoms with Gasteiger partial charge in [-0.1, -0.05) is 97.1 Å². The van der Waals surface area contributed by atoms with Gasteiger partial charge in [-0.3, -0.25) is 0 Å². The molecule has 0 saturated carbocycles. The zero-order valence-electron chi connectivity index (χ0n) is 27.2. The Morgan fingerprint density at radius 3 is 0.545 bits per heavy atom. The lowest BCUT2D eigenvalue weighted by Crippen LogP contribution is -1.96. The summed E-state index contributed by atoms with van der Waals surface area (Å²) in [5.41, 5.74) is 11.4. The summed E-state index contributed by atoms with van der Waals surface area (Å²) >= 11 is 0. The molecule has 0 amide bonds. The van der Waals surface area contributed by atoms with Crippen molar-refractivity contribution in [3.63, 3.8) is 0 Å². The number of aryl methyl sites for hydroxylation is 4. The quantitative estimate of drug-likeness (QED) is 0.160. The van der Waals surface area contributed by atoms with Crippen molar-refractivity contribution in [3.05, 3.63) is 142 Å². The molecule has 0 saturated heterocycles. The third-order valence-corrected chi connectivity index (χ3v) is 10.7. The van der Waals surface area contributed by atoms with Gasteiger partial charge < -0.3 is 0 Å². The summed E-state index contributed by atoms with van der Waals surface area (Å²) in [5.74, 6) is 0. The summed E-state index contributed by atoms with van der Waals surface area (Å²) in [5, 5.41) is 16.6. The van der Waals surface area contributed by atoms with Gasteiger partial charge in [-0.25, -0.2) is 0 Å². The zero-order valence-corrected chi connectivity index (χ0v) is 27.2. The summed E-state index contributed by atoms with van der Waals surface area (Å²) in [6.07, 6.45) is 0. The van der Waals surface area contributed by atoms with E-state index in [0.29, 0.717) is 0 Å². The Morgan fingerprint density at radius 2 is 0.364 bits per heavy atom. The normalized spacial score (nSPS) is 11.6. The first-order valence-corrected chi connectivity index (χ1v) is 15.8. The zero-order chi connectivity index (χ0) is 30.9. The Labute approximate surface area is 261 Å². The van der Waals surface area contributed by atoms with Crippen molar-refractivity contribution >= 4 is 64.6 Å². The number of benzene rings is 8. The topological polar surface area (TPSA) is 0 Å². The molecule has 0 heterocycles. The van der Waals surface area contributed by atoms with Crippen LogP contribution in [0.4, 0.5) is 0 Å². The first-order chi connectivity index (χ1) is 21.2. The highest BCUT2D eigenvalue weighted by atomic mass is 14.2. The van der Waals surface area contributed by atoms with Crippen LogP contribution in [0.25, 0.3) is 64.6 Å². The molecule has 0 bridgehead atoms. The van der Waals surface area contributed by atoms with E-state index < -0.39 is 0 Å². The van der Waals surface area contributed by atoms with E-state index in [1.54, 1.807) is 0 Å². The highest BCUT2D eigenvalue weighted by molar-refractivity contribution is 6.28. The fraction of sp³-hybridized carbons (Fsp3) is 0.182. The second-order valence-electron chi connectivity index (χ2n) is 12.7. The number of hydrogen-bond acceptors (Lipinski definition) is 0. The highest BCUT2D eigenvalue weighted by Crippen LogP contribution is 2.42. The fourth-order valence-corrected chi connectivity index (χ4v) is 7.72. The molecule has 8 aromatic carbocycles. The molecule has 216 valence electrons. The van der Waals surface area contributed by atoms with E-state index in [2.05, 4.69) is 152 Å². The third-order valence-electron chi connectivity index (χ3n) is 10.7. The Balaban J connectivity index is 0.000000142. The number of fused-ring (bicyclic) bond motifs is 12. The average Bonchev–Trinajstić information content (AvgIpc) is 3.07. The molecule has 0 fully saturated rings. The van der Waals surface area contributed by atoms with Crippen molar-refractivity contribution in [2.24, 2.45) is 0 Å². The maximum Gasteiger partial charge on any atom is -0.00642 e. The molecule has 0 aliphatic carbocycles. The van der Waals surface area contributed by atoms with Gasteiger partial charge in [0.05, 0.1) is 0 Å². The van der Waals surface area contributed by atoms with Crippen LogP contribution in [0.5, 0.6) is 0 Å². The Bertz CT molecular complexity index is 2110. The van der Waals surface area contributed by atoms with Gasteiger partial charge in [0.2, 0.25) is 0 Å². The molecule has 0 aromatic heterocycles. The molecule has 8 aromatic rings. The highest BCUT2D eigenvalue weighted by Gasteiger charge is 2.17. The number of hydrogen-bond donors (Lipinski definition) is 0. The van der Waals surface area contributed by atoms with E-state index in [9.17, 15) is 0 Å².